The zero-order valence-electron chi connectivity index (χ0n) is 20.0. The third kappa shape index (κ3) is 3.97. The zero-order valence-corrected chi connectivity index (χ0v) is 20.8. The van der Waals surface area contributed by atoms with Gasteiger partial charge in [-0.25, -0.2) is 0 Å². The lowest BCUT2D eigenvalue weighted by Crippen LogP contribution is -2.29. The molecule has 3 aromatic carbocycles. The van der Waals surface area contributed by atoms with E-state index in [9.17, 15) is 9.59 Å². The van der Waals surface area contributed by atoms with Crippen molar-refractivity contribution >= 4 is 34.3 Å². The highest BCUT2D eigenvalue weighted by Crippen LogP contribution is 2.41. The molecule has 3 heterocycles. The van der Waals surface area contributed by atoms with E-state index in [0.29, 0.717) is 45.5 Å². The molecule has 2 aromatic heterocycles. The molecule has 1 amide bonds. The number of hydrogen-bond donors (Lipinski definition) is 0. The predicted octanol–water partition coefficient (Wildman–Crippen LogP) is 6.38. The Balaban J connectivity index is 1.43. The number of aromatic nitrogens is 1. The third-order valence-corrected chi connectivity index (χ3v) is 6.80. The number of carbonyl (C=O) groups excluding carboxylic acids is 1. The third-order valence-electron chi connectivity index (χ3n) is 6.44. The number of hydrogen-bond acceptors (Lipinski definition) is 6. The SMILES string of the molecule is Cc1ccc2oc3c(c(=O)c2c1)[C@H](c1ccc(OCc2ccccc2Cl)cc1)N(c1cc(C)on1)C3=O. The average Bonchev–Trinajstić information content (AvgIpc) is 3.45. The monoisotopic (exact) mass is 512 g/mol. The van der Waals surface area contributed by atoms with Crippen molar-refractivity contribution in [1.82, 2.24) is 5.16 Å². The topological polar surface area (TPSA) is 85.8 Å². The largest absolute Gasteiger partial charge is 0.489 e. The first-order valence-corrected chi connectivity index (χ1v) is 12.1. The van der Waals surface area contributed by atoms with Crippen molar-refractivity contribution in [2.24, 2.45) is 0 Å². The Hall–Kier alpha value is -4.36. The van der Waals surface area contributed by atoms with Gasteiger partial charge in [0.1, 0.15) is 23.7 Å². The molecule has 0 fully saturated rings. The predicted molar refractivity (Wildman–Crippen MR) is 139 cm³/mol. The first-order chi connectivity index (χ1) is 17.9. The molecule has 8 heteroatoms. The molecule has 0 radical (unpaired) electrons. The Morgan fingerprint density at radius 2 is 1.78 bits per heavy atom. The highest BCUT2D eigenvalue weighted by atomic mass is 35.5. The number of aryl methyl sites for hydroxylation is 2. The molecule has 0 bridgehead atoms. The van der Waals surface area contributed by atoms with Crippen LogP contribution in [0.2, 0.25) is 5.02 Å². The number of ether oxygens (including phenoxy) is 1. The van der Waals surface area contributed by atoms with E-state index in [1.807, 2.05) is 49.4 Å². The number of nitrogens with zero attached hydrogens (tertiary/aromatic N) is 2. The number of fused-ring (bicyclic) bond motifs is 2. The van der Waals surface area contributed by atoms with Gasteiger partial charge in [-0.15, -0.1) is 0 Å². The molecule has 5 aromatic rings. The van der Waals surface area contributed by atoms with Crippen molar-refractivity contribution in [2.45, 2.75) is 26.5 Å². The Morgan fingerprint density at radius 3 is 2.51 bits per heavy atom. The molecule has 0 saturated carbocycles. The Bertz CT molecular complexity index is 1720. The smallest absolute Gasteiger partial charge is 0.296 e. The molecule has 37 heavy (non-hydrogen) atoms. The van der Waals surface area contributed by atoms with Gasteiger partial charge in [-0.3, -0.25) is 14.5 Å². The fraction of sp³-hybridized carbons (Fsp3) is 0.138. The average molecular weight is 513 g/mol. The number of rotatable bonds is 5. The Morgan fingerprint density at radius 1 is 1.00 bits per heavy atom. The second-order valence-electron chi connectivity index (χ2n) is 9.00. The molecular weight excluding hydrogens is 492 g/mol. The highest BCUT2D eigenvalue weighted by molar-refractivity contribution is 6.31. The van der Waals surface area contributed by atoms with E-state index in [2.05, 4.69) is 5.16 Å². The number of carbonyl (C=O) groups is 1. The van der Waals surface area contributed by atoms with Crippen LogP contribution in [-0.2, 0) is 6.61 Å². The molecule has 1 aliphatic rings. The first kappa shape index (κ1) is 23.1. The van der Waals surface area contributed by atoms with Gasteiger partial charge in [0.2, 0.25) is 5.76 Å². The van der Waals surface area contributed by atoms with Gasteiger partial charge in [0, 0.05) is 16.7 Å². The lowest BCUT2D eigenvalue weighted by atomic mass is 9.98. The summed E-state index contributed by atoms with van der Waals surface area (Å²) in [6, 6.07) is 21.0. The van der Waals surface area contributed by atoms with Crippen molar-refractivity contribution in [3.05, 3.63) is 122 Å². The summed E-state index contributed by atoms with van der Waals surface area (Å²) in [5.41, 5.74) is 2.88. The summed E-state index contributed by atoms with van der Waals surface area (Å²) in [4.78, 5) is 28.7. The molecule has 0 spiro atoms. The summed E-state index contributed by atoms with van der Waals surface area (Å²) in [5, 5.41) is 5.12. The van der Waals surface area contributed by atoms with Crippen molar-refractivity contribution in [3.63, 3.8) is 0 Å². The van der Waals surface area contributed by atoms with Crippen molar-refractivity contribution in [1.29, 1.82) is 0 Å². The van der Waals surface area contributed by atoms with Crippen molar-refractivity contribution in [2.75, 3.05) is 4.90 Å². The molecular formula is C29H21ClN2O5. The molecule has 1 aliphatic heterocycles. The number of amides is 1. The molecule has 7 nitrogen and oxygen atoms in total. The van der Waals surface area contributed by atoms with Crippen molar-refractivity contribution < 1.29 is 18.5 Å². The summed E-state index contributed by atoms with van der Waals surface area (Å²) in [6.45, 7) is 3.95. The summed E-state index contributed by atoms with van der Waals surface area (Å²) in [5.74, 6) is 1.02. The van der Waals surface area contributed by atoms with Crippen LogP contribution in [0.4, 0.5) is 5.82 Å². The minimum atomic E-state index is -0.745. The standard InChI is InChI=1S/C29H21ClN2O5/c1-16-7-12-23-21(13-16)27(33)25-26(32(29(34)28(25)36-23)24-14-17(2)37-31-24)18-8-10-20(11-9-18)35-15-19-5-3-4-6-22(19)30/h3-14,26H,15H2,1-2H3/t26-/m0/s1. The maximum Gasteiger partial charge on any atom is 0.296 e. The van der Waals surface area contributed by atoms with Gasteiger partial charge in [0.05, 0.1) is 17.0 Å². The van der Waals surface area contributed by atoms with Gasteiger partial charge in [0.15, 0.2) is 11.2 Å². The molecule has 0 saturated heterocycles. The van der Waals surface area contributed by atoms with Crippen LogP contribution in [0.25, 0.3) is 11.0 Å². The van der Waals surface area contributed by atoms with Crippen LogP contribution in [0.5, 0.6) is 5.75 Å². The molecule has 184 valence electrons. The van der Waals surface area contributed by atoms with E-state index in [4.69, 9.17) is 25.3 Å². The molecule has 0 aliphatic carbocycles. The zero-order chi connectivity index (χ0) is 25.7. The Labute approximate surface area is 216 Å². The lowest BCUT2D eigenvalue weighted by Gasteiger charge is -2.22. The second-order valence-corrected chi connectivity index (χ2v) is 9.40. The van der Waals surface area contributed by atoms with Gasteiger partial charge in [0.25, 0.3) is 5.91 Å². The van der Waals surface area contributed by atoms with Gasteiger partial charge in [-0.1, -0.05) is 58.7 Å². The first-order valence-electron chi connectivity index (χ1n) is 11.7. The van der Waals surface area contributed by atoms with E-state index in [0.717, 1.165) is 11.1 Å². The van der Waals surface area contributed by atoms with Crippen LogP contribution in [0.3, 0.4) is 0 Å². The molecule has 0 unspecified atom stereocenters. The van der Waals surface area contributed by atoms with E-state index in [1.54, 1.807) is 37.3 Å². The van der Waals surface area contributed by atoms with E-state index in [1.165, 1.54) is 4.90 Å². The summed E-state index contributed by atoms with van der Waals surface area (Å²) in [6.07, 6.45) is 0. The van der Waals surface area contributed by atoms with Crippen LogP contribution >= 0.6 is 11.6 Å². The second kappa shape index (κ2) is 8.94. The van der Waals surface area contributed by atoms with Crippen LogP contribution < -0.4 is 15.1 Å². The maximum atomic E-state index is 13.7. The highest BCUT2D eigenvalue weighted by Gasteiger charge is 2.44. The van der Waals surface area contributed by atoms with Crippen LogP contribution in [0.1, 0.15) is 44.6 Å². The molecule has 0 N–H and O–H groups in total. The van der Waals surface area contributed by atoms with Crippen molar-refractivity contribution in [3.8, 4) is 5.75 Å². The van der Waals surface area contributed by atoms with E-state index >= 15 is 0 Å². The van der Waals surface area contributed by atoms with E-state index in [-0.39, 0.29) is 16.8 Å². The van der Waals surface area contributed by atoms with Gasteiger partial charge >= 0.3 is 0 Å². The van der Waals surface area contributed by atoms with Crippen LogP contribution in [-0.4, -0.2) is 11.1 Å². The van der Waals surface area contributed by atoms with E-state index < -0.39 is 11.9 Å². The maximum absolute atomic E-state index is 13.7. The van der Waals surface area contributed by atoms with Gasteiger partial charge < -0.3 is 13.7 Å². The summed E-state index contributed by atoms with van der Waals surface area (Å²) < 4.78 is 17.2. The number of anilines is 1. The molecule has 6 rings (SSSR count). The fourth-order valence-electron chi connectivity index (χ4n) is 4.63. The number of benzene rings is 3. The summed E-state index contributed by atoms with van der Waals surface area (Å²) in [7, 11) is 0. The minimum Gasteiger partial charge on any atom is -0.489 e. The summed E-state index contributed by atoms with van der Waals surface area (Å²) >= 11 is 6.24. The van der Waals surface area contributed by atoms with Crippen LogP contribution in [0.15, 0.2) is 86.5 Å². The molecule has 1 atom stereocenters. The quantitative estimate of drug-likeness (QED) is 0.271. The van der Waals surface area contributed by atoms with Gasteiger partial charge in [-0.05, 0) is 49.7 Å². The van der Waals surface area contributed by atoms with Crippen LogP contribution in [0, 0.1) is 13.8 Å². The number of halogens is 1. The lowest BCUT2D eigenvalue weighted by molar-refractivity contribution is 0.0969. The van der Waals surface area contributed by atoms with Gasteiger partial charge in [-0.2, -0.15) is 0 Å². The minimum absolute atomic E-state index is 0.00560. The fourth-order valence-corrected chi connectivity index (χ4v) is 4.82. The normalized spacial score (nSPS) is 14.8. The Kier molecular flexibility index (Phi) is 5.57.